The minimum absolute atomic E-state index is 0.0604. The van der Waals surface area contributed by atoms with Crippen molar-refractivity contribution in [3.05, 3.63) is 29.5 Å². The summed E-state index contributed by atoms with van der Waals surface area (Å²) in [6.07, 6.45) is 2.42. The summed E-state index contributed by atoms with van der Waals surface area (Å²) < 4.78 is 1.78. The third kappa shape index (κ3) is 3.39. The lowest BCUT2D eigenvalue weighted by atomic mass is 9.98. The Hall–Kier alpha value is -1.88. The minimum atomic E-state index is -0.0604. The summed E-state index contributed by atoms with van der Waals surface area (Å²) in [5, 5.41) is 8.45. The average Bonchev–Trinajstić information content (AvgIpc) is 2.89. The first-order valence-corrected chi connectivity index (χ1v) is 8.52. The van der Waals surface area contributed by atoms with Gasteiger partial charge in [-0.25, -0.2) is 0 Å². The summed E-state index contributed by atoms with van der Waals surface area (Å²) in [5.41, 5.74) is 2.68. The van der Waals surface area contributed by atoms with E-state index in [1.54, 1.807) is 4.68 Å². The van der Waals surface area contributed by atoms with Crippen LogP contribution in [0.1, 0.15) is 35.8 Å². The largest absolute Gasteiger partial charge is 0.350 e. The van der Waals surface area contributed by atoms with Crippen LogP contribution < -0.4 is 5.32 Å². The van der Waals surface area contributed by atoms with Crippen LogP contribution in [0.25, 0.3) is 10.9 Å². The van der Waals surface area contributed by atoms with Gasteiger partial charge in [0.05, 0.1) is 5.52 Å². The lowest BCUT2D eigenvalue weighted by molar-refractivity contribution is 0.0929. The summed E-state index contributed by atoms with van der Waals surface area (Å²) in [5.74, 6) is 0.485. The van der Waals surface area contributed by atoms with Crippen LogP contribution in [0.15, 0.2) is 18.2 Å². The third-order valence-electron chi connectivity index (χ3n) is 4.82. The zero-order chi connectivity index (χ0) is 16.4. The standard InChI is InChI=1S/C18H26N4O/c1-4-22-9-5-6-14(12-22)11-19-18(23)17-15-10-13(2)7-8-16(15)21(3)20-17/h7-8,10,14H,4-6,9,11-12H2,1-3H3,(H,19,23)/t14-/m0/s1. The molecular formula is C18H26N4O. The molecule has 1 fully saturated rings. The molecule has 2 heterocycles. The number of aromatic nitrogens is 2. The Labute approximate surface area is 137 Å². The molecule has 0 radical (unpaired) electrons. The number of carbonyl (C=O) groups excluding carboxylic acids is 1. The fourth-order valence-electron chi connectivity index (χ4n) is 3.47. The SMILES string of the molecule is CCN1CCC[C@@H](CNC(=O)c2nn(C)c3ccc(C)cc23)C1. The third-order valence-corrected chi connectivity index (χ3v) is 4.82. The minimum Gasteiger partial charge on any atom is -0.350 e. The fraction of sp³-hybridized carbons (Fsp3) is 0.556. The van der Waals surface area contributed by atoms with Crippen LogP contribution in [-0.4, -0.2) is 46.8 Å². The van der Waals surface area contributed by atoms with E-state index in [0.717, 1.165) is 36.1 Å². The van der Waals surface area contributed by atoms with Gasteiger partial charge in [-0.05, 0) is 50.9 Å². The monoisotopic (exact) mass is 314 g/mol. The highest BCUT2D eigenvalue weighted by molar-refractivity contribution is 6.05. The number of hydrogen-bond donors (Lipinski definition) is 1. The Kier molecular flexibility index (Phi) is 4.66. The summed E-state index contributed by atoms with van der Waals surface area (Å²) >= 11 is 0. The van der Waals surface area contributed by atoms with Gasteiger partial charge in [-0.2, -0.15) is 5.10 Å². The van der Waals surface area contributed by atoms with Crippen molar-refractivity contribution in [3.63, 3.8) is 0 Å². The van der Waals surface area contributed by atoms with Crippen LogP contribution in [0.3, 0.4) is 0 Å². The second-order valence-electron chi connectivity index (χ2n) is 6.60. The van der Waals surface area contributed by atoms with Gasteiger partial charge in [-0.3, -0.25) is 9.48 Å². The Morgan fingerprint density at radius 3 is 3.04 bits per heavy atom. The number of fused-ring (bicyclic) bond motifs is 1. The molecule has 124 valence electrons. The van der Waals surface area contributed by atoms with Crippen LogP contribution in [0, 0.1) is 12.8 Å². The van der Waals surface area contributed by atoms with Gasteiger partial charge in [0.15, 0.2) is 5.69 Å². The quantitative estimate of drug-likeness (QED) is 0.942. The number of hydrogen-bond acceptors (Lipinski definition) is 3. The van der Waals surface area contributed by atoms with Gasteiger partial charge in [0.25, 0.3) is 5.91 Å². The van der Waals surface area contributed by atoms with Gasteiger partial charge in [-0.1, -0.05) is 18.6 Å². The zero-order valence-corrected chi connectivity index (χ0v) is 14.3. The van der Waals surface area contributed by atoms with E-state index in [9.17, 15) is 4.79 Å². The first-order chi connectivity index (χ1) is 11.1. The number of amides is 1. The molecule has 1 amide bonds. The maximum absolute atomic E-state index is 12.6. The number of carbonyl (C=O) groups is 1. The van der Waals surface area contributed by atoms with Gasteiger partial charge in [0.1, 0.15) is 0 Å². The van der Waals surface area contributed by atoms with E-state index in [0.29, 0.717) is 11.6 Å². The molecule has 0 bridgehead atoms. The zero-order valence-electron chi connectivity index (χ0n) is 14.3. The van der Waals surface area contributed by atoms with Crippen molar-refractivity contribution in [3.8, 4) is 0 Å². The molecule has 0 saturated carbocycles. The number of aryl methyl sites for hydroxylation is 2. The fourth-order valence-corrected chi connectivity index (χ4v) is 3.47. The second-order valence-corrected chi connectivity index (χ2v) is 6.60. The number of benzene rings is 1. The molecule has 3 rings (SSSR count). The van der Waals surface area contributed by atoms with E-state index in [1.807, 2.05) is 32.2 Å². The van der Waals surface area contributed by atoms with E-state index in [-0.39, 0.29) is 5.91 Å². The molecule has 1 N–H and O–H groups in total. The molecule has 1 atom stereocenters. The number of rotatable bonds is 4. The Balaban J connectivity index is 1.70. The van der Waals surface area contributed by atoms with E-state index < -0.39 is 0 Å². The highest BCUT2D eigenvalue weighted by Crippen LogP contribution is 2.20. The molecule has 1 aliphatic rings. The van der Waals surface area contributed by atoms with E-state index >= 15 is 0 Å². The Morgan fingerprint density at radius 1 is 1.43 bits per heavy atom. The molecule has 1 aliphatic heterocycles. The molecule has 23 heavy (non-hydrogen) atoms. The van der Waals surface area contributed by atoms with Gasteiger partial charge >= 0.3 is 0 Å². The van der Waals surface area contributed by atoms with Gasteiger partial charge in [0.2, 0.25) is 0 Å². The Bertz CT molecular complexity index is 706. The molecule has 1 aromatic carbocycles. The smallest absolute Gasteiger partial charge is 0.272 e. The molecular weight excluding hydrogens is 288 g/mol. The molecule has 2 aromatic rings. The van der Waals surface area contributed by atoms with Gasteiger partial charge in [0, 0.05) is 25.5 Å². The summed E-state index contributed by atoms with van der Waals surface area (Å²) in [6.45, 7) is 8.33. The predicted octanol–water partition coefficient (Wildman–Crippen LogP) is 2.34. The number of likely N-dealkylation sites (tertiary alicyclic amines) is 1. The molecule has 5 heteroatoms. The molecule has 0 spiro atoms. The highest BCUT2D eigenvalue weighted by Gasteiger charge is 2.21. The van der Waals surface area contributed by atoms with Crippen molar-refractivity contribution in [1.29, 1.82) is 0 Å². The molecule has 0 aliphatic carbocycles. The van der Waals surface area contributed by atoms with Gasteiger partial charge in [-0.15, -0.1) is 0 Å². The summed E-state index contributed by atoms with van der Waals surface area (Å²) in [6, 6.07) is 6.11. The molecule has 1 saturated heterocycles. The lowest BCUT2D eigenvalue weighted by Crippen LogP contribution is -2.40. The number of nitrogens with one attached hydrogen (secondary N) is 1. The van der Waals surface area contributed by atoms with Crippen LogP contribution >= 0.6 is 0 Å². The topological polar surface area (TPSA) is 50.2 Å². The first-order valence-electron chi connectivity index (χ1n) is 8.52. The number of piperidine rings is 1. The van der Waals surface area contributed by atoms with E-state index in [2.05, 4.69) is 22.2 Å². The lowest BCUT2D eigenvalue weighted by Gasteiger charge is -2.31. The van der Waals surface area contributed by atoms with E-state index in [4.69, 9.17) is 0 Å². The van der Waals surface area contributed by atoms with Crippen LogP contribution in [0.5, 0.6) is 0 Å². The maximum Gasteiger partial charge on any atom is 0.272 e. The average molecular weight is 314 g/mol. The van der Waals surface area contributed by atoms with Crippen molar-refractivity contribution in [1.82, 2.24) is 20.0 Å². The van der Waals surface area contributed by atoms with Gasteiger partial charge < -0.3 is 10.2 Å². The first kappa shape index (κ1) is 16.0. The van der Waals surface area contributed by atoms with Crippen molar-refractivity contribution in [2.24, 2.45) is 13.0 Å². The summed E-state index contributed by atoms with van der Waals surface area (Å²) in [4.78, 5) is 15.0. The molecule has 1 aromatic heterocycles. The van der Waals surface area contributed by atoms with Crippen molar-refractivity contribution in [2.45, 2.75) is 26.7 Å². The summed E-state index contributed by atoms with van der Waals surface area (Å²) in [7, 11) is 1.88. The normalized spacial score (nSPS) is 19.2. The Morgan fingerprint density at radius 2 is 2.26 bits per heavy atom. The van der Waals surface area contributed by atoms with Crippen molar-refractivity contribution < 1.29 is 4.79 Å². The predicted molar refractivity (Wildman–Crippen MR) is 92.6 cm³/mol. The van der Waals surface area contributed by atoms with Crippen molar-refractivity contribution >= 4 is 16.8 Å². The van der Waals surface area contributed by atoms with E-state index in [1.165, 1.54) is 19.4 Å². The molecule has 0 unspecified atom stereocenters. The van der Waals surface area contributed by atoms with Crippen molar-refractivity contribution in [2.75, 3.05) is 26.2 Å². The maximum atomic E-state index is 12.6. The molecule has 5 nitrogen and oxygen atoms in total. The van der Waals surface area contributed by atoms with Crippen LogP contribution in [0.2, 0.25) is 0 Å². The van der Waals surface area contributed by atoms with Crippen LogP contribution in [-0.2, 0) is 7.05 Å². The van der Waals surface area contributed by atoms with Crippen LogP contribution in [0.4, 0.5) is 0 Å². The number of nitrogens with zero attached hydrogens (tertiary/aromatic N) is 3. The second kappa shape index (κ2) is 6.71. The highest BCUT2D eigenvalue weighted by atomic mass is 16.1.